The van der Waals surface area contributed by atoms with Gasteiger partial charge in [-0.25, -0.2) is 0 Å². The van der Waals surface area contributed by atoms with E-state index >= 15 is 0 Å². The Morgan fingerprint density at radius 3 is 2.05 bits per heavy atom. The van der Waals surface area contributed by atoms with Gasteiger partial charge in [0.2, 0.25) is 5.69 Å². The molecule has 1 fully saturated rings. The summed E-state index contributed by atoms with van der Waals surface area (Å²) >= 11 is 0. The number of ether oxygens (including phenoxy) is 2. The first-order valence-corrected chi connectivity index (χ1v) is 23.5. The minimum absolute atomic E-state index is 0.194. The van der Waals surface area contributed by atoms with Crippen LogP contribution in [0, 0.1) is 0 Å². The summed E-state index contributed by atoms with van der Waals surface area (Å²) in [4.78, 5) is 2.09. The number of aliphatic hydroxyl groups is 4. The van der Waals surface area contributed by atoms with Crippen molar-refractivity contribution >= 4 is 37.3 Å². The van der Waals surface area contributed by atoms with Crippen molar-refractivity contribution in [3.05, 3.63) is 108 Å². The topological polar surface area (TPSA) is 214 Å². The molecule has 0 saturated carbocycles. The van der Waals surface area contributed by atoms with Crippen LogP contribution in [0.25, 0.3) is 0 Å². The molecule has 16 heteroatoms. The van der Waals surface area contributed by atoms with Crippen LogP contribution in [0.3, 0.4) is 0 Å². The molecule has 0 spiro atoms. The Kier molecular flexibility index (Phi) is 15.2. The number of benzene rings is 2. The van der Waals surface area contributed by atoms with Crippen LogP contribution < -0.4 is 4.90 Å². The zero-order chi connectivity index (χ0) is 43.2. The van der Waals surface area contributed by atoms with Gasteiger partial charge in [0.25, 0.3) is 20.2 Å². The first kappa shape index (κ1) is 46.4. The van der Waals surface area contributed by atoms with E-state index in [-0.39, 0.29) is 31.0 Å². The quantitative estimate of drug-likeness (QED) is 0.0491. The number of aliphatic hydroxyl groups excluding tert-OH is 4. The Morgan fingerprint density at radius 1 is 0.797 bits per heavy atom. The van der Waals surface area contributed by atoms with Crippen molar-refractivity contribution in [1.29, 1.82) is 0 Å². The third kappa shape index (κ3) is 10.1. The van der Waals surface area contributed by atoms with Gasteiger partial charge in [0.05, 0.1) is 16.9 Å². The van der Waals surface area contributed by atoms with Gasteiger partial charge in [-0.05, 0) is 62.0 Å². The highest BCUT2D eigenvalue weighted by molar-refractivity contribution is 7.86. The molecule has 1 saturated heterocycles. The molecular weight excluding hydrogens is 801 g/mol. The van der Waals surface area contributed by atoms with E-state index in [1.807, 2.05) is 60.7 Å². The summed E-state index contributed by atoms with van der Waals surface area (Å²) in [5, 5.41) is 41.2. The van der Waals surface area contributed by atoms with Crippen molar-refractivity contribution in [1.82, 2.24) is 0 Å². The Balaban J connectivity index is 1.56. The SMILES string of the molecule is CCC1(CC)C(/C=C/C=C(/C=C/C=C2/N(CCCS(=O)(=O)O)c3ccccc3C2(CC)CC)OCC2OC(O)C(O)C(O)C2O)=[N+](CCCS(=O)(=O)O)c2ccccc21. The molecule has 3 aliphatic heterocycles. The van der Waals surface area contributed by atoms with Crippen LogP contribution in [0.5, 0.6) is 0 Å². The van der Waals surface area contributed by atoms with Crippen molar-refractivity contribution in [2.24, 2.45) is 0 Å². The first-order valence-electron chi connectivity index (χ1n) is 20.3. The van der Waals surface area contributed by atoms with Crippen LogP contribution in [0.15, 0.2) is 96.4 Å². The molecule has 6 N–H and O–H groups in total. The number of anilines is 1. The van der Waals surface area contributed by atoms with Crippen molar-refractivity contribution in [3.8, 4) is 0 Å². The monoisotopic (exact) mass is 859 g/mol. The van der Waals surface area contributed by atoms with Crippen molar-refractivity contribution in [2.75, 3.05) is 36.1 Å². The molecule has 3 aliphatic rings. The van der Waals surface area contributed by atoms with Gasteiger partial charge in [-0.2, -0.15) is 21.4 Å². The van der Waals surface area contributed by atoms with Gasteiger partial charge >= 0.3 is 0 Å². The molecule has 0 radical (unpaired) electrons. The molecule has 2 aromatic carbocycles. The summed E-state index contributed by atoms with van der Waals surface area (Å²) in [6.07, 6.45) is 6.49. The van der Waals surface area contributed by atoms with Crippen LogP contribution >= 0.6 is 0 Å². The molecule has 0 aliphatic carbocycles. The number of para-hydroxylation sites is 2. The van der Waals surface area contributed by atoms with Crippen LogP contribution in [-0.2, 0) is 40.5 Å². The van der Waals surface area contributed by atoms with Crippen molar-refractivity contribution in [3.63, 3.8) is 0 Å². The van der Waals surface area contributed by atoms with E-state index in [1.54, 1.807) is 12.2 Å². The molecular formula is C43H59N2O12S2+. The van der Waals surface area contributed by atoms with Crippen molar-refractivity contribution < 1.29 is 60.4 Å². The molecule has 5 unspecified atom stereocenters. The largest absolute Gasteiger partial charge is 0.491 e. The minimum atomic E-state index is -4.17. The molecule has 59 heavy (non-hydrogen) atoms. The predicted molar refractivity (Wildman–Crippen MR) is 226 cm³/mol. The summed E-state index contributed by atoms with van der Waals surface area (Å²) < 4.78 is 79.2. The van der Waals surface area contributed by atoms with E-state index in [1.165, 1.54) is 0 Å². The summed E-state index contributed by atoms with van der Waals surface area (Å²) in [6, 6.07) is 16.0. The molecule has 3 heterocycles. The zero-order valence-corrected chi connectivity index (χ0v) is 35.7. The van der Waals surface area contributed by atoms with Gasteiger partial charge in [-0.3, -0.25) is 9.11 Å². The molecule has 5 atom stereocenters. The van der Waals surface area contributed by atoms with Crippen LogP contribution in [-0.4, -0.2) is 119 Å². The predicted octanol–water partition coefficient (Wildman–Crippen LogP) is 4.67. The Labute approximate surface area is 348 Å². The van der Waals surface area contributed by atoms with Crippen LogP contribution in [0.1, 0.15) is 77.3 Å². The van der Waals surface area contributed by atoms with Crippen LogP contribution in [0.4, 0.5) is 11.4 Å². The maximum absolute atomic E-state index is 11.7. The lowest BCUT2D eigenvalue weighted by Gasteiger charge is -2.38. The Hall–Kier alpha value is -3.71. The number of allylic oxidation sites excluding steroid dienone is 7. The highest BCUT2D eigenvalue weighted by atomic mass is 32.2. The second-order valence-corrected chi connectivity index (χ2v) is 18.4. The summed E-state index contributed by atoms with van der Waals surface area (Å²) in [7, 11) is -8.33. The smallest absolute Gasteiger partial charge is 0.265 e. The standard InChI is InChI=1S/C43H58N2O12S2/c1-5-42(6-2)31-19-9-11-21-33(31)44(25-15-27-58(50,51)52)36(42)23-13-17-30(56-29-35-38(46)39(47)40(48)41(49)57-35)18-14-24-37-43(7-3,8-4)32-20-10-12-22-34(32)45(37)26-16-28-59(53,54)55/h9-14,17-24,35,38-41,46-49H,5-8,15-16,25-29H2,1-4H3,(H-,50,51,52,53,54,55)/p+1. The summed E-state index contributed by atoms with van der Waals surface area (Å²) in [5.74, 6) is -0.465. The Morgan fingerprint density at radius 2 is 1.41 bits per heavy atom. The van der Waals surface area contributed by atoms with E-state index in [0.717, 1.165) is 59.6 Å². The fourth-order valence-electron chi connectivity index (χ4n) is 8.92. The fourth-order valence-corrected chi connectivity index (χ4v) is 9.91. The average Bonchev–Trinajstić information content (AvgIpc) is 3.62. The normalized spacial score (nSPS) is 25.1. The number of hydrogen-bond donors (Lipinski definition) is 6. The number of hydrogen-bond acceptors (Lipinski definition) is 11. The zero-order valence-electron chi connectivity index (χ0n) is 34.1. The van der Waals surface area contributed by atoms with Gasteiger partial charge in [0.15, 0.2) is 12.0 Å². The van der Waals surface area contributed by atoms with Crippen LogP contribution in [0.2, 0.25) is 0 Å². The minimum Gasteiger partial charge on any atom is -0.491 e. The van der Waals surface area contributed by atoms with Gasteiger partial charge in [0.1, 0.15) is 43.3 Å². The second kappa shape index (κ2) is 19.3. The van der Waals surface area contributed by atoms with Gasteiger partial charge in [0, 0.05) is 47.5 Å². The number of rotatable bonds is 19. The average molecular weight is 860 g/mol. The highest BCUT2D eigenvalue weighted by Gasteiger charge is 2.49. The molecule has 0 aromatic heterocycles. The second-order valence-electron chi connectivity index (χ2n) is 15.3. The lowest BCUT2D eigenvalue weighted by Crippen LogP contribution is -2.58. The van der Waals surface area contributed by atoms with Gasteiger partial charge in [-0.1, -0.05) is 76.2 Å². The first-order chi connectivity index (χ1) is 28.0. The third-order valence-electron chi connectivity index (χ3n) is 12.1. The number of nitrogens with zero attached hydrogens (tertiary/aromatic N) is 2. The summed E-state index contributed by atoms with van der Waals surface area (Å²) in [5.41, 5.74) is 5.21. The van der Waals surface area contributed by atoms with E-state index < -0.39 is 61.8 Å². The molecule has 0 amide bonds. The number of fused-ring (bicyclic) bond motifs is 2. The maximum atomic E-state index is 11.7. The molecule has 5 rings (SSSR count). The van der Waals surface area contributed by atoms with E-state index in [4.69, 9.17) is 9.47 Å². The van der Waals surface area contributed by atoms with E-state index in [0.29, 0.717) is 18.8 Å². The molecule has 324 valence electrons. The van der Waals surface area contributed by atoms with E-state index in [9.17, 15) is 46.4 Å². The van der Waals surface area contributed by atoms with E-state index in [2.05, 4.69) is 49.3 Å². The third-order valence-corrected chi connectivity index (χ3v) is 13.7. The Bertz CT molecular complexity index is 2170. The molecule has 0 bridgehead atoms. The summed E-state index contributed by atoms with van der Waals surface area (Å²) in [6.45, 7) is 8.79. The van der Waals surface area contributed by atoms with Gasteiger partial charge < -0.3 is 34.8 Å². The molecule has 14 nitrogen and oxygen atoms in total. The lowest BCUT2D eigenvalue weighted by atomic mass is 9.73. The maximum Gasteiger partial charge on any atom is 0.265 e. The van der Waals surface area contributed by atoms with Gasteiger partial charge in [-0.15, -0.1) is 0 Å². The fraction of sp³-hybridized carbons (Fsp3) is 0.512. The van der Waals surface area contributed by atoms with Crippen molar-refractivity contribution in [2.45, 2.75) is 108 Å². The lowest BCUT2D eigenvalue weighted by molar-refractivity contribution is -0.437. The molecule has 2 aromatic rings. The highest BCUT2D eigenvalue weighted by Crippen LogP contribution is 2.52.